The molecule has 2 aliphatic heterocycles. The Labute approximate surface area is 67.8 Å². The molecule has 0 aromatic heterocycles. The molecule has 58 valence electrons. The molecule has 0 saturated carbocycles. The molecular formula is C7H12O2S. The summed E-state index contributed by atoms with van der Waals surface area (Å²) in [4.78, 5) is 0. The zero-order valence-electron chi connectivity index (χ0n) is 7.78. The molecule has 3 heteroatoms. The van der Waals surface area contributed by atoms with Crippen molar-refractivity contribution in [2.24, 2.45) is 0 Å². The minimum absolute atomic E-state index is 0.0498. The first-order valence-electron chi connectivity index (χ1n) is 4.63. The van der Waals surface area contributed by atoms with Crippen LogP contribution in [0.5, 0.6) is 0 Å². The topological polar surface area (TPSA) is 29.5 Å². The van der Waals surface area contributed by atoms with Crippen LogP contribution in [0.4, 0.5) is 0 Å². The van der Waals surface area contributed by atoms with E-state index in [-0.39, 0.29) is 17.4 Å². The van der Waals surface area contributed by atoms with Gasteiger partial charge in [-0.05, 0) is 6.90 Å². The summed E-state index contributed by atoms with van der Waals surface area (Å²) >= 11 is 1.57. The maximum absolute atomic E-state index is 9.73. The lowest BCUT2D eigenvalue weighted by molar-refractivity contribution is -0.0384. The van der Waals surface area contributed by atoms with Gasteiger partial charge in [0.2, 0.25) is 0 Å². The molecule has 0 radical (unpaired) electrons. The first-order valence-corrected chi connectivity index (χ1v) is 4.29. The van der Waals surface area contributed by atoms with Crippen LogP contribution in [0.3, 0.4) is 0 Å². The lowest BCUT2D eigenvalue weighted by Crippen LogP contribution is -2.40. The Morgan fingerprint density at radius 3 is 3.30 bits per heavy atom. The SMILES string of the molecule is [2H]C[C@]12O[C@@H]([3H])[C@H](S[C@@H]1C)[C@@H]2O. The molecule has 5 atom stereocenters. The molecule has 0 amide bonds. The number of hydrogen-bond donors (Lipinski definition) is 1. The lowest BCUT2D eigenvalue weighted by Gasteiger charge is -2.28. The Kier molecular flexibility index (Phi) is 0.952. The van der Waals surface area contributed by atoms with Crippen LogP contribution >= 0.6 is 11.8 Å². The number of hydrogen-bond acceptors (Lipinski definition) is 3. The molecule has 0 unspecified atom stereocenters. The Balaban J connectivity index is 2.30. The summed E-state index contributed by atoms with van der Waals surface area (Å²) in [5.41, 5.74) is -0.762. The number of ether oxygens (including phenoxy) is 1. The minimum Gasteiger partial charge on any atom is -0.389 e. The van der Waals surface area contributed by atoms with E-state index >= 15 is 0 Å². The first kappa shape index (κ1) is 5.01. The van der Waals surface area contributed by atoms with Crippen molar-refractivity contribution in [2.75, 3.05) is 6.58 Å². The van der Waals surface area contributed by atoms with Crippen LogP contribution in [0.2, 0.25) is 0 Å². The van der Waals surface area contributed by atoms with Crippen LogP contribution in [-0.2, 0) is 4.74 Å². The lowest BCUT2D eigenvalue weighted by atomic mass is 9.97. The van der Waals surface area contributed by atoms with E-state index in [9.17, 15) is 5.11 Å². The number of thioether (sulfide) groups is 1. The van der Waals surface area contributed by atoms with Crippen molar-refractivity contribution in [1.29, 1.82) is 0 Å². The Hall–Kier alpha value is 0.270. The maximum Gasteiger partial charge on any atom is 0.104 e. The predicted octanol–water partition coefficient (Wildman–Crippen LogP) is 0.640. The third-order valence-corrected chi connectivity index (χ3v) is 3.77. The van der Waals surface area contributed by atoms with Crippen molar-refractivity contribution < 1.29 is 12.6 Å². The normalized spacial score (nSPS) is 69.8. The second kappa shape index (κ2) is 1.90. The van der Waals surface area contributed by atoms with Gasteiger partial charge in [0.25, 0.3) is 0 Å². The Morgan fingerprint density at radius 1 is 2.10 bits per heavy atom. The summed E-state index contributed by atoms with van der Waals surface area (Å²) < 4.78 is 20.2. The van der Waals surface area contributed by atoms with Crippen LogP contribution in [0, 0.1) is 0 Å². The highest BCUT2D eigenvalue weighted by Gasteiger charge is 2.56. The van der Waals surface area contributed by atoms with Crippen molar-refractivity contribution in [3.63, 3.8) is 0 Å². The number of aliphatic hydroxyl groups excluding tert-OH is 1. The maximum atomic E-state index is 9.73. The molecule has 2 nitrogen and oxygen atoms in total. The summed E-state index contributed by atoms with van der Waals surface area (Å²) in [5, 5.41) is 9.72. The molecule has 0 aromatic rings. The average Bonchev–Trinajstić information content (AvgIpc) is 2.41. The summed E-state index contributed by atoms with van der Waals surface area (Å²) in [6, 6.07) is 0. The highest BCUT2D eigenvalue weighted by molar-refractivity contribution is 8.01. The predicted molar refractivity (Wildman–Crippen MR) is 41.2 cm³/mol. The Bertz CT molecular complexity index is 204. The van der Waals surface area contributed by atoms with E-state index in [4.69, 9.17) is 7.48 Å². The van der Waals surface area contributed by atoms with Gasteiger partial charge in [0.15, 0.2) is 0 Å². The van der Waals surface area contributed by atoms with E-state index in [1.807, 2.05) is 6.92 Å². The fourth-order valence-electron chi connectivity index (χ4n) is 1.41. The zero-order valence-corrected chi connectivity index (χ0v) is 6.60. The summed E-state index contributed by atoms with van der Waals surface area (Å²) in [6.07, 6.45) is -0.627. The second-order valence-electron chi connectivity index (χ2n) is 2.90. The standard InChI is InChI=1S/C7H12O2S/c1-4-7(2)6(8)5(10-4)3-9-7/h4-6,8H,3H2,1-2H3/t4-,5+,6+,7+/m1/s1/i2D,3T/t3-,4+,5-,6-,7-/m0. The highest BCUT2D eigenvalue weighted by Crippen LogP contribution is 2.48. The quantitative estimate of drug-likeness (QED) is 0.568. The molecule has 2 saturated heterocycles. The van der Waals surface area contributed by atoms with Crippen molar-refractivity contribution in [1.82, 2.24) is 0 Å². The second-order valence-corrected chi connectivity index (χ2v) is 4.42. The van der Waals surface area contributed by atoms with E-state index in [2.05, 4.69) is 0 Å². The largest absolute Gasteiger partial charge is 0.389 e. The van der Waals surface area contributed by atoms with Gasteiger partial charge in [-0.25, -0.2) is 0 Å². The van der Waals surface area contributed by atoms with E-state index in [1.54, 1.807) is 11.8 Å². The fraction of sp³-hybridized carbons (Fsp3) is 1.00. The summed E-state index contributed by atoms with van der Waals surface area (Å²) in [6.45, 7) is 1.36. The minimum atomic E-state index is -0.762. The number of fused-ring (bicyclic) bond motifs is 2. The van der Waals surface area contributed by atoms with Gasteiger partial charge in [-0.3, -0.25) is 0 Å². The number of rotatable bonds is 0. The van der Waals surface area contributed by atoms with Gasteiger partial charge in [0.05, 0.1) is 19.3 Å². The van der Waals surface area contributed by atoms with Crippen molar-refractivity contribution in [3.05, 3.63) is 0 Å². The molecule has 2 bridgehead atoms. The van der Waals surface area contributed by atoms with Crippen LogP contribution in [0.1, 0.15) is 16.6 Å². The number of aliphatic hydroxyl groups is 1. The van der Waals surface area contributed by atoms with E-state index in [0.29, 0.717) is 0 Å². The van der Waals surface area contributed by atoms with Crippen LogP contribution in [-0.4, -0.2) is 33.9 Å². The molecule has 2 heterocycles. The van der Waals surface area contributed by atoms with Crippen LogP contribution in [0.25, 0.3) is 0 Å². The molecule has 2 rings (SSSR count). The van der Waals surface area contributed by atoms with Gasteiger partial charge in [-0.1, -0.05) is 6.92 Å². The van der Waals surface area contributed by atoms with E-state index in [0.717, 1.165) is 0 Å². The molecule has 0 aromatic carbocycles. The van der Waals surface area contributed by atoms with Gasteiger partial charge < -0.3 is 9.84 Å². The Morgan fingerprint density at radius 2 is 2.90 bits per heavy atom. The van der Waals surface area contributed by atoms with Crippen molar-refractivity contribution >= 4 is 11.8 Å². The van der Waals surface area contributed by atoms with Gasteiger partial charge >= 0.3 is 0 Å². The van der Waals surface area contributed by atoms with Gasteiger partial charge in [-0.2, -0.15) is 0 Å². The van der Waals surface area contributed by atoms with E-state index in [1.165, 1.54) is 0 Å². The molecule has 1 N–H and O–H groups in total. The van der Waals surface area contributed by atoms with Gasteiger partial charge in [-0.15, -0.1) is 11.8 Å². The molecule has 0 aliphatic carbocycles. The summed E-state index contributed by atoms with van der Waals surface area (Å²) in [7, 11) is 0. The van der Waals surface area contributed by atoms with Gasteiger partial charge in [0, 0.05) is 6.62 Å². The highest BCUT2D eigenvalue weighted by atomic mass is 32.2. The van der Waals surface area contributed by atoms with Crippen molar-refractivity contribution in [2.45, 2.75) is 36.0 Å². The fourth-order valence-corrected chi connectivity index (χ4v) is 2.81. The van der Waals surface area contributed by atoms with Crippen molar-refractivity contribution in [3.8, 4) is 0 Å². The average molecular weight is 163 g/mol. The third-order valence-electron chi connectivity index (χ3n) is 2.28. The van der Waals surface area contributed by atoms with Crippen LogP contribution < -0.4 is 0 Å². The first-order chi connectivity index (χ1) is 5.62. The molecule has 2 fully saturated rings. The molecular weight excluding hydrogens is 148 g/mol. The third kappa shape index (κ3) is 0.633. The zero-order chi connectivity index (χ0) is 8.93. The van der Waals surface area contributed by atoms with E-state index < -0.39 is 18.3 Å². The van der Waals surface area contributed by atoms with Gasteiger partial charge in [0.1, 0.15) is 5.60 Å². The molecule has 10 heavy (non-hydrogen) atoms. The smallest absolute Gasteiger partial charge is 0.104 e. The molecule has 0 spiro atoms. The monoisotopic (exact) mass is 163 g/mol. The summed E-state index contributed by atoms with van der Waals surface area (Å²) in [5.74, 6) is 0. The van der Waals surface area contributed by atoms with Crippen LogP contribution in [0.15, 0.2) is 0 Å². The molecule has 2 aliphatic rings.